The van der Waals surface area contributed by atoms with Gasteiger partial charge in [0.15, 0.2) is 0 Å². The highest BCUT2D eigenvalue weighted by molar-refractivity contribution is 5.90. The van der Waals surface area contributed by atoms with Crippen molar-refractivity contribution in [3.63, 3.8) is 0 Å². The van der Waals surface area contributed by atoms with Crippen molar-refractivity contribution in [3.8, 4) is 17.6 Å². The van der Waals surface area contributed by atoms with Gasteiger partial charge >= 0.3 is 5.97 Å². The van der Waals surface area contributed by atoms with Gasteiger partial charge in [-0.2, -0.15) is 0 Å². The van der Waals surface area contributed by atoms with Gasteiger partial charge in [0, 0.05) is 11.8 Å². The molecule has 20 heavy (non-hydrogen) atoms. The third kappa shape index (κ3) is 3.36. The number of ether oxygens (including phenoxy) is 2. The predicted molar refractivity (Wildman–Crippen MR) is 74.6 cm³/mol. The molecular formula is C16H13NO3. The summed E-state index contributed by atoms with van der Waals surface area (Å²) in [6.45, 7) is 0. The van der Waals surface area contributed by atoms with Gasteiger partial charge in [0.2, 0.25) is 0 Å². The average molecular weight is 267 g/mol. The van der Waals surface area contributed by atoms with E-state index in [9.17, 15) is 4.79 Å². The van der Waals surface area contributed by atoms with Crippen molar-refractivity contribution in [2.75, 3.05) is 14.2 Å². The van der Waals surface area contributed by atoms with Gasteiger partial charge in [0.05, 0.1) is 19.8 Å². The predicted octanol–water partition coefficient (Wildman–Crippen LogP) is 2.28. The van der Waals surface area contributed by atoms with Gasteiger partial charge in [-0.25, -0.2) is 9.78 Å². The molecule has 0 bridgehead atoms. The lowest BCUT2D eigenvalue weighted by Crippen LogP contribution is -2.02. The fourth-order valence-corrected chi connectivity index (χ4v) is 1.60. The lowest BCUT2D eigenvalue weighted by molar-refractivity contribution is 0.0600. The number of pyridine rings is 1. The summed E-state index contributed by atoms with van der Waals surface area (Å²) in [7, 11) is 2.87. The molecule has 0 saturated heterocycles. The van der Waals surface area contributed by atoms with E-state index in [0.29, 0.717) is 22.6 Å². The molecule has 0 unspecified atom stereocenters. The maximum absolute atomic E-state index is 11.6. The number of hydrogen-bond acceptors (Lipinski definition) is 4. The van der Waals surface area contributed by atoms with Crippen molar-refractivity contribution >= 4 is 5.97 Å². The fourth-order valence-electron chi connectivity index (χ4n) is 1.60. The molecule has 0 atom stereocenters. The Morgan fingerprint density at radius 3 is 2.65 bits per heavy atom. The van der Waals surface area contributed by atoms with Crippen molar-refractivity contribution in [3.05, 3.63) is 59.4 Å². The van der Waals surface area contributed by atoms with Crippen molar-refractivity contribution < 1.29 is 14.3 Å². The second-order valence-corrected chi connectivity index (χ2v) is 3.91. The Balaban J connectivity index is 2.37. The van der Waals surface area contributed by atoms with Crippen LogP contribution in [0.3, 0.4) is 0 Å². The smallest absolute Gasteiger partial charge is 0.338 e. The van der Waals surface area contributed by atoms with E-state index in [2.05, 4.69) is 16.8 Å². The number of esters is 1. The minimum Gasteiger partial charge on any atom is -0.497 e. The lowest BCUT2D eigenvalue weighted by Gasteiger charge is -2.04. The Kier molecular flexibility index (Phi) is 4.35. The van der Waals surface area contributed by atoms with Crippen molar-refractivity contribution in [2.45, 2.75) is 0 Å². The number of carbonyl (C=O) groups is 1. The summed E-state index contributed by atoms with van der Waals surface area (Å²) in [5.74, 6) is 6.01. The first-order valence-corrected chi connectivity index (χ1v) is 5.93. The molecule has 1 aromatic carbocycles. The number of aromatic nitrogens is 1. The summed E-state index contributed by atoms with van der Waals surface area (Å²) in [5.41, 5.74) is 1.72. The van der Waals surface area contributed by atoms with E-state index in [1.54, 1.807) is 24.4 Å². The van der Waals surface area contributed by atoms with Gasteiger partial charge in [-0.05, 0) is 36.3 Å². The van der Waals surface area contributed by atoms with Gasteiger partial charge in [-0.1, -0.05) is 12.0 Å². The number of nitrogens with zero attached hydrogens (tertiary/aromatic N) is 1. The van der Waals surface area contributed by atoms with Crippen molar-refractivity contribution in [2.24, 2.45) is 0 Å². The number of methoxy groups -OCH3 is 2. The molecule has 100 valence electrons. The van der Waals surface area contributed by atoms with E-state index in [-0.39, 0.29) is 0 Å². The molecule has 2 rings (SSSR count). The summed E-state index contributed by atoms with van der Waals surface area (Å²) in [4.78, 5) is 15.7. The van der Waals surface area contributed by atoms with Crippen LogP contribution in [0.4, 0.5) is 0 Å². The highest BCUT2D eigenvalue weighted by Crippen LogP contribution is 2.17. The normalized spacial score (nSPS) is 9.30. The zero-order chi connectivity index (χ0) is 14.4. The van der Waals surface area contributed by atoms with Crippen molar-refractivity contribution in [1.82, 2.24) is 4.98 Å². The molecule has 1 heterocycles. The van der Waals surface area contributed by atoms with Crippen LogP contribution in [0.2, 0.25) is 0 Å². The standard InChI is InChI=1S/C16H13NO3/c1-19-15-10-12(9-13(11-15)16(18)20-2)6-7-14-5-3-4-8-17-14/h3-5,8-11H,1-2H3. The molecule has 0 aliphatic carbocycles. The number of rotatable bonds is 2. The van der Waals surface area contributed by atoms with Gasteiger partial charge in [0.1, 0.15) is 11.4 Å². The molecule has 0 radical (unpaired) electrons. The molecule has 4 heteroatoms. The van der Waals surface area contributed by atoms with Crippen LogP contribution in [0.5, 0.6) is 5.75 Å². The lowest BCUT2D eigenvalue weighted by atomic mass is 10.1. The molecule has 0 spiro atoms. The highest BCUT2D eigenvalue weighted by Gasteiger charge is 2.08. The van der Waals surface area contributed by atoms with E-state index in [4.69, 9.17) is 9.47 Å². The zero-order valence-corrected chi connectivity index (χ0v) is 11.2. The third-order valence-electron chi connectivity index (χ3n) is 2.56. The summed E-state index contributed by atoms with van der Waals surface area (Å²) < 4.78 is 9.85. The molecular weight excluding hydrogens is 254 g/mol. The van der Waals surface area contributed by atoms with Crippen LogP contribution in [-0.4, -0.2) is 25.2 Å². The van der Waals surface area contributed by atoms with Crippen LogP contribution in [0, 0.1) is 11.8 Å². The molecule has 0 amide bonds. The summed E-state index contributed by atoms with van der Waals surface area (Å²) >= 11 is 0. The Labute approximate surface area is 117 Å². The Hall–Kier alpha value is -2.80. The summed E-state index contributed by atoms with van der Waals surface area (Å²) in [6, 6.07) is 10.5. The van der Waals surface area contributed by atoms with Crippen LogP contribution in [0.15, 0.2) is 42.6 Å². The van der Waals surface area contributed by atoms with E-state index in [1.165, 1.54) is 14.2 Å². The fraction of sp³-hybridized carbons (Fsp3) is 0.125. The SMILES string of the molecule is COC(=O)c1cc(C#Cc2ccccn2)cc(OC)c1. The zero-order valence-electron chi connectivity index (χ0n) is 11.2. The third-order valence-corrected chi connectivity index (χ3v) is 2.56. The molecule has 0 fully saturated rings. The first-order chi connectivity index (χ1) is 9.72. The molecule has 0 N–H and O–H groups in total. The molecule has 2 aromatic rings. The molecule has 0 aliphatic heterocycles. The van der Waals surface area contributed by atoms with Crippen molar-refractivity contribution in [1.29, 1.82) is 0 Å². The van der Waals surface area contributed by atoms with E-state index >= 15 is 0 Å². The van der Waals surface area contributed by atoms with Gasteiger partial charge in [0.25, 0.3) is 0 Å². The first kappa shape index (κ1) is 13.6. The maximum atomic E-state index is 11.6. The monoisotopic (exact) mass is 267 g/mol. The largest absolute Gasteiger partial charge is 0.497 e. The average Bonchev–Trinajstić information content (AvgIpc) is 2.52. The summed E-state index contributed by atoms with van der Waals surface area (Å²) in [6.07, 6.45) is 1.68. The Morgan fingerprint density at radius 1 is 1.15 bits per heavy atom. The topological polar surface area (TPSA) is 48.4 Å². The Bertz CT molecular complexity index is 669. The van der Waals surface area contributed by atoms with Crippen LogP contribution in [0.1, 0.15) is 21.6 Å². The van der Waals surface area contributed by atoms with E-state index in [0.717, 1.165) is 0 Å². The summed E-state index contributed by atoms with van der Waals surface area (Å²) in [5, 5.41) is 0. The van der Waals surface area contributed by atoms with Gasteiger partial charge in [-0.3, -0.25) is 0 Å². The Morgan fingerprint density at radius 2 is 2.00 bits per heavy atom. The first-order valence-electron chi connectivity index (χ1n) is 5.93. The van der Waals surface area contributed by atoms with Crippen LogP contribution in [0.25, 0.3) is 0 Å². The molecule has 0 saturated carbocycles. The minimum absolute atomic E-state index is 0.400. The second-order valence-electron chi connectivity index (χ2n) is 3.91. The number of hydrogen-bond donors (Lipinski definition) is 0. The van der Waals surface area contributed by atoms with Gasteiger partial charge < -0.3 is 9.47 Å². The minimum atomic E-state index is -0.426. The van der Waals surface area contributed by atoms with E-state index < -0.39 is 5.97 Å². The molecule has 1 aromatic heterocycles. The quantitative estimate of drug-likeness (QED) is 0.618. The second kappa shape index (κ2) is 6.39. The van der Waals surface area contributed by atoms with Crippen LogP contribution < -0.4 is 4.74 Å². The number of benzene rings is 1. The highest BCUT2D eigenvalue weighted by atomic mass is 16.5. The maximum Gasteiger partial charge on any atom is 0.338 e. The van der Waals surface area contributed by atoms with E-state index in [1.807, 2.05) is 18.2 Å². The molecule has 0 aliphatic rings. The number of carbonyl (C=O) groups excluding carboxylic acids is 1. The molecule has 4 nitrogen and oxygen atoms in total. The van der Waals surface area contributed by atoms with Gasteiger partial charge in [-0.15, -0.1) is 0 Å². The van der Waals surface area contributed by atoms with Crippen LogP contribution in [-0.2, 0) is 4.74 Å². The van der Waals surface area contributed by atoms with Crippen LogP contribution >= 0.6 is 0 Å².